The molecular weight excluding hydrogens is 705 g/mol. The fraction of sp³-hybridized carbons (Fsp3) is 0.714. The lowest BCUT2D eigenvalue weighted by molar-refractivity contribution is 0.250. The largest absolute Gasteiger partial charge is 0.338 e. The van der Waals surface area contributed by atoms with Crippen LogP contribution in [0.4, 0.5) is 21.0 Å². The molecule has 2 rings (SSSR count). The van der Waals surface area contributed by atoms with E-state index in [1.807, 2.05) is 36.4 Å². The average molecular weight is 791 g/mol. The first-order chi connectivity index (χ1) is 27.9. The van der Waals surface area contributed by atoms with Crippen molar-refractivity contribution >= 4 is 23.4 Å². The smallest absolute Gasteiger partial charge is 0.319 e. The molecule has 0 unspecified atom stereocenters. The van der Waals surface area contributed by atoms with Crippen molar-refractivity contribution < 1.29 is 9.59 Å². The number of nitrogens with one attached hydrogen (secondary N) is 4. The standard InChI is InChI=1S/C49H86N6O2/c1-5-7-9-11-13-15-17-19-21-25-37-54(3)39-27-23-35-50-48(56)52-46-33-29-31-44(42-46)41-45-32-30-34-47(43-45)53-49(57)51-36-24-28-40-55(4)38-26-22-20-18-16-14-12-10-8-6-2/h29-34,42-43H,5-28,35-41H2,1-4H3,(H2,50,52,56)(H2,51,53,57). The van der Waals surface area contributed by atoms with Gasteiger partial charge < -0.3 is 31.1 Å². The van der Waals surface area contributed by atoms with Gasteiger partial charge in [0.15, 0.2) is 0 Å². The Hall–Kier alpha value is -3.10. The number of amides is 4. The second-order valence-corrected chi connectivity index (χ2v) is 16.7. The molecule has 0 fully saturated rings. The number of nitrogens with zero attached hydrogens (tertiary/aromatic N) is 2. The van der Waals surface area contributed by atoms with Crippen LogP contribution in [-0.4, -0.2) is 75.2 Å². The topological polar surface area (TPSA) is 88.7 Å². The van der Waals surface area contributed by atoms with Crippen LogP contribution in [0.2, 0.25) is 0 Å². The van der Waals surface area contributed by atoms with Crippen molar-refractivity contribution in [2.24, 2.45) is 0 Å². The van der Waals surface area contributed by atoms with Crippen LogP contribution >= 0.6 is 0 Å². The van der Waals surface area contributed by atoms with Gasteiger partial charge in [0.25, 0.3) is 0 Å². The van der Waals surface area contributed by atoms with Gasteiger partial charge in [0.1, 0.15) is 0 Å². The van der Waals surface area contributed by atoms with E-state index in [1.165, 1.54) is 128 Å². The van der Waals surface area contributed by atoms with E-state index in [2.05, 4.69) is 71.1 Å². The van der Waals surface area contributed by atoms with Crippen molar-refractivity contribution in [2.75, 3.05) is 64.0 Å². The van der Waals surface area contributed by atoms with Gasteiger partial charge >= 0.3 is 12.1 Å². The molecule has 57 heavy (non-hydrogen) atoms. The van der Waals surface area contributed by atoms with Crippen molar-refractivity contribution in [3.63, 3.8) is 0 Å². The number of hydrogen-bond donors (Lipinski definition) is 4. The SMILES string of the molecule is CCCCCCCCCCCCN(C)CCCCNC(=O)Nc1cccc(Cc2cccc(NC(=O)NCCCCN(C)CCCCCCCCCCCC)c2)c1. The Balaban J connectivity index is 1.53. The summed E-state index contributed by atoms with van der Waals surface area (Å²) in [6.07, 6.45) is 32.3. The minimum atomic E-state index is -0.167. The van der Waals surface area contributed by atoms with Gasteiger partial charge in [0.05, 0.1) is 0 Å². The number of anilines is 2. The van der Waals surface area contributed by atoms with E-state index in [-0.39, 0.29) is 12.1 Å². The van der Waals surface area contributed by atoms with Crippen molar-refractivity contribution in [3.05, 3.63) is 59.7 Å². The van der Waals surface area contributed by atoms with Crippen LogP contribution < -0.4 is 21.3 Å². The number of rotatable bonds is 36. The molecule has 4 N–H and O–H groups in total. The Labute approximate surface area is 350 Å². The third-order valence-electron chi connectivity index (χ3n) is 11.1. The minimum Gasteiger partial charge on any atom is -0.338 e. The lowest BCUT2D eigenvalue weighted by Gasteiger charge is -2.16. The number of hydrogen-bond acceptors (Lipinski definition) is 4. The van der Waals surface area contributed by atoms with Crippen molar-refractivity contribution in [3.8, 4) is 0 Å². The molecule has 0 saturated carbocycles. The maximum absolute atomic E-state index is 12.6. The zero-order chi connectivity index (χ0) is 41.0. The van der Waals surface area contributed by atoms with Crippen molar-refractivity contribution in [1.29, 1.82) is 0 Å². The summed E-state index contributed by atoms with van der Waals surface area (Å²) >= 11 is 0. The maximum Gasteiger partial charge on any atom is 0.319 e. The van der Waals surface area contributed by atoms with Gasteiger partial charge in [-0.25, -0.2) is 9.59 Å². The van der Waals surface area contributed by atoms with Gasteiger partial charge in [0.2, 0.25) is 0 Å². The lowest BCUT2D eigenvalue weighted by atomic mass is 10.0. The number of carbonyl (C=O) groups excluding carboxylic acids is 2. The molecule has 0 bridgehead atoms. The first kappa shape index (κ1) is 50.0. The van der Waals surface area contributed by atoms with Crippen molar-refractivity contribution in [2.45, 2.75) is 174 Å². The Kier molecular flexibility index (Phi) is 30.6. The molecule has 2 aromatic carbocycles. The molecule has 0 saturated heterocycles. The highest BCUT2D eigenvalue weighted by molar-refractivity contribution is 5.90. The first-order valence-corrected chi connectivity index (χ1v) is 23.5. The second kappa shape index (κ2) is 34.9. The molecule has 0 spiro atoms. The maximum atomic E-state index is 12.6. The van der Waals surface area contributed by atoms with Gasteiger partial charge in [-0.05, 0) is 121 Å². The normalized spacial score (nSPS) is 11.3. The van der Waals surface area contributed by atoms with E-state index in [0.29, 0.717) is 19.5 Å². The summed E-state index contributed by atoms with van der Waals surface area (Å²) in [7, 11) is 4.43. The Morgan fingerprint density at radius 3 is 1.11 bits per heavy atom. The van der Waals surface area contributed by atoms with Crippen molar-refractivity contribution in [1.82, 2.24) is 20.4 Å². The van der Waals surface area contributed by atoms with Crippen LogP contribution in [0.3, 0.4) is 0 Å². The molecule has 0 heterocycles. The predicted molar refractivity (Wildman–Crippen MR) is 247 cm³/mol. The molecule has 324 valence electrons. The van der Waals surface area contributed by atoms with E-state index >= 15 is 0 Å². The molecule has 0 aromatic heterocycles. The fourth-order valence-corrected chi connectivity index (χ4v) is 7.48. The zero-order valence-corrected chi connectivity index (χ0v) is 37.3. The van der Waals surface area contributed by atoms with Crippen LogP contribution in [0.5, 0.6) is 0 Å². The quantitative estimate of drug-likeness (QED) is 0.0518. The summed E-state index contributed by atoms with van der Waals surface area (Å²) in [5.74, 6) is 0. The van der Waals surface area contributed by atoms with E-state index in [9.17, 15) is 9.59 Å². The lowest BCUT2D eigenvalue weighted by Crippen LogP contribution is -2.30. The summed E-state index contributed by atoms with van der Waals surface area (Å²) in [5.41, 5.74) is 3.75. The van der Waals surface area contributed by atoms with Crippen LogP contribution in [-0.2, 0) is 6.42 Å². The second-order valence-electron chi connectivity index (χ2n) is 16.7. The Morgan fingerprint density at radius 2 is 0.754 bits per heavy atom. The molecule has 0 aliphatic carbocycles. The van der Waals surface area contributed by atoms with E-state index < -0.39 is 0 Å². The summed E-state index contributed by atoms with van der Waals surface area (Å²) < 4.78 is 0. The summed E-state index contributed by atoms with van der Waals surface area (Å²) in [6, 6.07) is 15.6. The van der Waals surface area contributed by atoms with Crippen LogP contribution in [0.25, 0.3) is 0 Å². The van der Waals surface area contributed by atoms with E-state index in [1.54, 1.807) is 0 Å². The highest BCUT2D eigenvalue weighted by Crippen LogP contribution is 2.18. The van der Waals surface area contributed by atoms with Gasteiger partial charge in [0, 0.05) is 24.5 Å². The monoisotopic (exact) mass is 791 g/mol. The fourth-order valence-electron chi connectivity index (χ4n) is 7.48. The molecule has 0 atom stereocenters. The molecule has 0 aliphatic rings. The zero-order valence-electron chi connectivity index (χ0n) is 37.3. The Morgan fingerprint density at radius 1 is 0.439 bits per heavy atom. The number of urea groups is 2. The molecule has 0 radical (unpaired) electrons. The van der Waals surface area contributed by atoms with E-state index in [4.69, 9.17) is 0 Å². The number of carbonyl (C=O) groups is 2. The molecule has 8 heteroatoms. The summed E-state index contributed by atoms with van der Waals surface area (Å²) in [6.45, 7) is 10.4. The molecule has 8 nitrogen and oxygen atoms in total. The Bertz CT molecular complexity index is 1180. The molecule has 2 aromatic rings. The molecular formula is C49H86N6O2. The molecule has 4 amide bonds. The predicted octanol–water partition coefficient (Wildman–Crippen LogP) is 12.8. The van der Waals surface area contributed by atoms with Gasteiger partial charge in [-0.3, -0.25) is 0 Å². The van der Waals surface area contributed by atoms with Crippen LogP contribution in [0, 0.1) is 0 Å². The molecule has 0 aliphatic heterocycles. The highest BCUT2D eigenvalue weighted by Gasteiger charge is 2.07. The summed E-state index contributed by atoms with van der Waals surface area (Å²) in [4.78, 5) is 30.1. The average Bonchev–Trinajstić information content (AvgIpc) is 3.19. The minimum absolute atomic E-state index is 0.167. The van der Waals surface area contributed by atoms with Crippen LogP contribution in [0.15, 0.2) is 48.5 Å². The van der Waals surface area contributed by atoms with Gasteiger partial charge in [-0.15, -0.1) is 0 Å². The van der Waals surface area contributed by atoms with Gasteiger partial charge in [-0.2, -0.15) is 0 Å². The number of benzene rings is 2. The third kappa shape index (κ3) is 28.9. The first-order valence-electron chi connectivity index (χ1n) is 23.5. The third-order valence-corrected chi connectivity index (χ3v) is 11.1. The van der Waals surface area contributed by atoms with E-state index in [0.717, 1.165) is 74.4 Å². The highest BCUT2D eigenvalue weighted by atomic mass is 16.2. The van der Waals surface area contributed by atoms with Gasteiger partial charge in [-0.1, -0.05) is 154 Å². The summed E-state index contributed by atoms with van der Waals surface area (Å²) in [5, 5.41) is 12.0. The number of unbranched alkanes of at least 4 members (excludes halogenated alkanes) is 20. The van der Waals surface area contributed by atoms with Crippen LogP contribution in [0.1, 0.15) is 179 Å².